The topological polar surface area (TPSA) is 18.5 Å². The van der Waals surface area contributed by atoms with Crippen molar-refractivity contribution < 1.29 is 9.16 Å². The van der Waals surface area contributed by atoms with Crippen molar-refractivity contribution in [3.05, 3.63) is 0 Å². The summed E-state index contributed by atoms with van der Waals surface area (Å²) in [6.07, 6.45) is 2.19. The third-order valence-electron chi connectivity index (χ3n) is 2.60. The maximum atomic E-state index is 6.18. The summed E-state index contributed by atoms with van der Waals surface area (Å²) in [6.45, 7) is 11.3. The van der Waals surface area contributed by atoms with E-state index < -0.39 is 9.04 Å². The Bertz CT molecular complexity index is 150. The van der Waals surface area contributed by atoms with Gasteiger partial charge in [-0.3, -0.25) is 0 Å². The molecule has 0 radical (unpaired) electrons. The van der Waals surface area contributed by atoms with E-state index in [1.54, 1.807) is 7.11 Å². The molecule has 2 nitrogen and oxygen atoms in total. The Kier molecular flexibility index (Phi) is 9.28. The first-order valence-corrected chi connectivity index (χ1v) is 8.78. The first-order valence-electron chi connectivity index (χ1n) is 6.67. The van der Waals surface area contributed by atoms with Crippen LogP contribution in [0.5, 0.6) is 0 Å². The molecule has 0 amide bonds. The minimum atomic E-state index is -1.08. The molecular weight excluding hydrogens is 216 g/mol. The summed E-state index contributed by atoms with van der Waals surface area (Å²) in [6, 6.07) is 2.53. The predicted molar refractivity (Wildman–Crippen MR) is 73.2 cm³/mol. The van der Waals surface area contributed by atoms with E-state index in [9.17, 15) is 0 Å². The number of hydrogen-bond acceptors (Lipinski definition) is 2. The summed E-state index contributed by atoms with van der Waals surface area (Å²) < 4.78 is 11.6. The first kappa shape index (κ1) is 16.1. The summed E-state index contributed by atoms with van der Waals surface area (Å²) in [5.74, 6) is 1.49. The predicted octanol–water partition coefficient (Wildman–Crippen LogP) is 3.81. The molecule has 0 aromatic carbocycles. The monoisotopic (exact) mass is 246 g/mol. The second kappa shape index (κ2) is 9.20. The average molecular weight is 246 g/mol. The SMILES string of the molecule is CCCC(OC)O[SiH](CC(C)C)CC(C)C. The summed E-state index contributed by atoms with van der Waals surface area (Å²) in [5.41, 5.74) is 0. The molecule has 0 heterocycles. The van der Waals surface area contributed by atoms with Crippen molar-refractivity contribution in [3.63, 3.8) is 0 Å². The summed E-state index contributed by atoms with van der Waals surface area (Å²) in [4.78, 5) is 0. The highest BCUT2D eigenvalue weighted by Crippen LogP contribution is 2.18. The highest BCUT2D eigenvalue weighted by atomic mass is 28.3. The van der Waals surface area contributed by atoms with Crippen LogP contribution in [-0.2, 0) is 9.16 Å². The Morgan fingerprint density at radius 1 is 1.00 bits per heavy atom. The van der Waals surface area contributed by atoms with Gasteiger partial charge in [0.05, 0.1) is 0 Å². The Balaban J connectivity index is 4.15. The molecule has 0 bridgehead atoms. The lowest BCUT2D eigenvalue weighted by Crippen LogP contribution is -2.29. The zero-order chi connectivity index (χ0) is 12.6. The van der Waals surface area contributed by atoms with Gasteiger partial charge in [0.1, 0.15) is 6.29 Å². The molecule has 0 aliphatic rings. The average Bonchev–Trinajstić information content (AvgIpc) is 2.14. The minimum absolute atomic E-state index is 0.0409. The van der Waals surface area contributed by atoms with E-state index in [0.29, 0.717) is 0 Å². The van der Waals surface area contributed by atoms with Crippen molar-refractivity contribution in [1.82, 2.24) is 0 Å². The Morgan fingerprint density at radius 2 is 1.50 bits per heavy atom. The second-order valence-corrected chi connectivity index (χ2v) is 7.93. The van der Waals surface area contributed by atoms with Crippen LogP contribution in [0.3, 0.4) is 0 Å². The normalized spacial score (nSPS) is 14.1. The number of rotatable bonds is 9. The minimum Gasteiger partial charge on any atom is -0.396 e. The number of methoxy groups -OCH3 is 1. The van der Waals surface area contributed by atoms with Gasteiger partial charge in [0, 0.05) is 7.11 Å². The van der Waals surface area contributed by atoms with E-state index in [1.165, 1.54) is 12.1 Å². The van der Waals surface area contributed by atoms with E-state index in [-0.39, 0.29) is 6.29 Å². The summed E-state index contributed by atoms with van der Waals surface area (Å²) >= 11 is 0. The van der Waals surface area contributed by atoms with Crippen LogP contribution < -0.4 is 0 Å². The van der Waals surface area contributed by atoms with Crippen molar-refractivity contribution in [2.24, 2.45) is 11.8 Å². The second-order valence-electron chi connectivity index (χ2n) is 5.47. The first-order chi connectivity index (χ1) is 7.49. The van der Waals surface area contributed by atoms with Crippen LogP contribution in [0.4, 0.5) is 0 Å². The molecule has 0 saturated carbocycles. The van der Waals surface area contributed by atoms with Crippen molar-refractivity contribution >= 4 is 9.04 Å². The van der Waals surface area contributed by atoms with Gasteiger partial charge in [-0.25, -0.2) is 0 Å². The van der Waals surface area contributed by atoms with E-state index >= 15 is 0 Å². The van der Waals surface area contributed by atoms with Gasteiger partial charge in [0.15, 0.2) is 9.04 Å². The van der Waals surface area contributed by atoms with Crippen molar-refractivity contribution in [2.75, 3.05) is 7.11 Å². The lowest BCUT2D eigenvalue weighted by molar-refractivity contribution is -0.0623. The molecule has 0 fully saturated rings. The molecule has 0 aromatic rings. The highest BCUT2D eigenvalue weighted by Gasteiger charge is 2.20. The largest absolute Gasteiger partial charge is 0.396 e. The van der Waals surface area contributed by atoms with Crippen LogP contribution in [0.15, 0.2) is 0 Å². The molecule has 3 heteroatoms. The zero-order valence-electron chi connectivity index (χ0n) is 12.0. The highest BCUT2D eigenvalue weighted by molar-refractivity contribution is 6.51. The van der Waals surface area contributed by atoms with Crippen molar-refractivity contribution in [2.45, 2.75) is 65.8 Å². The van der Waals surface area contributed by atoms with Crippen LogP contribution >= 0.6 is 0 Å². The van der Waals surface area contributed by atoms with E-state index in [2.05, 4.69) is 34.6 Å². The van der Waals surface area contributed by atoms with Gasteiger partial charge < -0.3 is 9.16 Å². The summed E-state index contributed by atoms with van der Waals surface area (Å²) in [5, 5.41) is 0. The van der Waals surface area contributed by atoms with Gasteiger partial charge >= 0.3 is 0 Å². The van der Waals surface area contributed by atoms with Crippen LogP contribution in [0.1, 0.15) is 47.5 Å². The third-order valence-corrected chi connectivity index (χ3v) is 6.23. The van der Waals surface area contributed by atoms with Crippen molar-refractivity contribution in [1.29, 1.82) is 0 Å². The quantitative estimate of drug-likeness (QED) is 0.455. The van der Waals surface area contributed by atoms with E-state index in [1.807, 2.05) is 0 Å². The Hall–Kier alpha value is 0.137. The standard InChI is InChI=1S/C13H30O2Si/c1-7-8-13(14-6)15-16(9-11(2)3)10-12(4)5/h11-13,16H,7-10H2,1-6H3. The molecular formula is C13H30O2Si. The van der Waals surface area contributed by atoms with Gasteiger partial charge in [-0.1, -0.05) is 41.0 Å². The van der Waals surface area contributed by atoms with Gasteiger partial charge in [0.25, 0.3) is 0 Å². The van der Waals surface area contributed by atoms with Crippen LogP contribution in [0.25, 0.3) is 0 Å². The van der Waals surface area contributed by atoms with Gasteiger partial charge in [0.2, 0.25) is 0 Å². The fourth-order valence-corrected chi connectivity index (χ4v) is 5.15. The van der Waals surface area contributed by atoms with Gasteiger partial charge in [-0.15, -0.1) is 0 Å². The molecule has 0 aromatic heterocycles. The zero-order valence-corrected chi connectivity index (χ0v) is 13.1. The lowest BCUT2D eigenvalue weighted by Gasteiger charge is -2.25. The maximum absolute atomic E-state index is 6.18. The molecule has 1 unspecified atom stereocenters. The van der Waals surface area contributed by atoms with Crippen LogP contribution in [-0.4, -0.2) is 22.4 Å². The Labute approximate surface area is 103 Å². The van der Waals surface area contributed by atoms with Gasteiger partial charge in [-0.2, -0.15) is 0 Å². The molecule has 0 rings (SSSR count). The van der Waals surface area contributed by atoms with Crippen molar-refractivity contribution in [3.8, 4) is 0 Å². The van der Waals surface area contributed by atoms with E-state index in [4.69, 9.17) is 9.16 Å². The molecule has 98 valence electrons. The smallest absolute Gasteiger partial charge is 0.180 e. The summed E-state index contributed by atoms with van der Waals surface area (Å²) in [7, 11) is 0.679. The maximum Gasteiger partial charge on any atom is 0.180 e. The van der Waals surface area contributed by atoms with Gasteiger partial charge in [-0.05, 0) is 30.3 Å². The molecule has 0 saturated heterocycles. The third kappa shape index (κ3) is 8.31. The molecule has 0 aliphatic heterocycles. The lowest BCUT2D eigenvalue weighted by atomic mass is 10.3. The molecule has 0 N–H and O–H groups in total. The fourth-order valence-electron chi connectivity index (χ4n) is 1.95. The van der Waals surface area contributed by atoms with Crippen LogP contribution in [0, 0.1) is 11.8 Å². The number of hydrogen-bond donors (Lipinski definition) is 0. The fraction of sp³-hybridized carbons (Fsp3) is 1.00. The molecule has 16 heavy (non-hydrogen) atoms. The van der Waals surface area contributed by atoms with Crippen LogP contribution in [0.2, 0.25) is 12.1 Å². The molecule has 1 atom stereocenters. The molecule has 0 spiro atoms. The van der Waals surface area contributed by atoms with E-state index in [0.717, 1.165) is 24.7 Å². The number of ether oxygens (including phenoxy) is 1. The molecule has 0 aliphatic carbocycles. The Morgan fingerprint density at radius 3 is 1.81 bits per heavy atom.